The average molecular weight is 382 g/mol. The van der Waals surface area contributed by atoms with E-state index in [9.17, 15) is 9.18 Å². The van der Waals surface area contributed by atoms with Crippen LogP contribution in [0.2, 0.25) is 0 Å². The first kappa shape index (κ1) is 18.4. The van der Waals surface area contributed by atoms with Crippen molar-refractivity contribution in [3.05, 3.63) is 48.2 Å². The van der Waals surface area contributed by atoms with Crippen molar-refractivity contribution >= 4 is 22.5 Å². The highest BCUT2D eigenvalue weighted by molar-refractivity contribution is 6.05. The number of rotatable bonds is 4. The second kappa shape index (κ2) is 7.58. The van der Waals surface area contributed by atoms with Crippen LogP contribution in [-0.4, -0.2) is 27.8 Å². The maximum Gasteiger partial charge on any atom is 0.277 e. The molecule has 0 spiro atoms. The minimum Gasteiger partial charge on any atom is -0.494 e. The average Bonchev–Trinajstić information content (AvgIpc) is 3.11. The standard InChI is InChI=1S/C21H23FN4O2/c1-13-5-7-15(8-6-13)26-12-14-10-18(19(28-2)11-17(14)25-26)24-21(27)20-16(22)4-3-9-23-20/h3-4,9-13,15H,5-8H2,1-2H3,(H,24,27). The van der Waals surface area contributed by atoms with Crippen molar-refractivity contribution in [3.63, 3.8) is 0 Å². The van der Waals surface area contributed by atoms with Crippen molar-refractivity contribution in [3.8, 4) is 5.75 Å². The molecule has 0 bridgehead atoms. The van der Waals surface area contributed by atoms with Gasteiger partial charge < -0.3 is 10.1 Å². The van der Waals surface area contributed by atoms with Gasteiger partial charge in [-0.1, -0.05) is 6.92 Å². The van der Waals surface area contributed by atoms with Gasteiger partial charge in [-0.15, -0.1) is 0 Å². The minimum absolute atomic E-state index is 0.253. The number of carbonyl (C=O) groups is 1. The van der Waals surface area contributed by atoms with E-state index in [-0.39, 0.29) is 5.69 Å². The summed E-state index contributed by atoms with van der Waals surface area (Å²) in [6.45, 7) is 2.29. The molecule has 1 aliphatic rings. The van der Waals surface area contributed by atoms with Crippen LogP contribution in [0.25, 0.3) is 10.9 Å². The van der Waals surface area contributed by atoms with Gasteiger partial charge in [0.2, 0.25) is 0 Å². The van der Waals surface area contributed by atoms with Gasteiger partial charge in [0, 0.05) is 23.8 Å². The van der Waals surface area contributed by atoms with E-state index in [0.29, 0.717) is 17.5 Å². The highest BCUT2D eigenvalue weighted by Crippen LogP contribution is 2.34. The van der Waals surface area contributed by atoms with Crippen LogP contribution in [0.1, 0.15) is 49.1 Å². The summed E-state index contributed by atoms with van der Waals surface area (Å²) in [5, 5.41) is 8.32. The molecule has 1 amide bonds. The number of nitrogens with one attached hydrogen (secondary N) is 1. The summed E-state index contributed by atoms with van der Waals surface area (Å²) >= 11 is 0. The minimum atomic E-state index is -0.667. The largest absolute Gasteiger partial charge is 0.494 e. The Morgan fingerprint density at radius 2 is 2.07 bits per heavy atom. The Morgan fingerprint density at radius 3 is 2.79 bits per heavy atom. The molecule has 28 heavy (non-hydrogen) atoms. The summed E-state index contributed by atoms with van der Waals surface area (Å²) in [6, 6.07) is 6.65. The van der Waals surface area contributed by atoms with Crippen molar-refractivity contribution in [2.24, 2.45) is 5.92 Å². The monoisotopic (exact) mass is 382 g/mol. The Morgan fingerprint density at radius 1 is 1.29 bits per heavy atom. The zero-order valence-electron chi connectivity index (χ0n) is 16.0. The maximum atomic E-state index is 13.8. The van der Waals surface area contributed by atoms with E-state index in [1.165, 1.54) is 38.3 Å². The number of ether oxygens (including phenoxy) is 1. The number of fused-ring (bicyclic) bond motifs is 1. The van der Waals surface area contributed by atoms with Gasteiger partial charge in [-0.05, 0) is 49.8 Å². The number of carbonyl (C=O) groups excluding carboxylic acids is 1. The Kier molecular flexibility index (Phi) is 4.98. The van der Waals surface area contributed by atoms with Crippen LogP contribution in [0.5, 0.6) is 5.75 Å². The number of methoxy groups -OCH3 is 1. The Balaban J connectivity index is 1.63. The number of aromatic nitrogens is 3. The predicted molar refractivity (Wildman–Crippen MR) is 105 cm³/mol. The first-order valence-electron chi connectivity index (χ1n) is 9.54. The van der Waals surface area contributed by atoms with Crippen LogP contribution in [0.3, 0.4) is 0 Å². The molecule has 1 aliphatic carbocycles. The van der Waals surface area contributed by atoms with E-state index in [1.807, 2.05) is 16.9 Å². The third-order valence-electron chi connectivity index (χ3n) is 5.42. The lowest BCUT2D eigenvalue weighted by atomic mass is 9.87. The number of hydrogen-bond acceptors (Lipinski definition) is 4. The fourth-order valence-corrected chi connectivity index (χ4v) is 3.77. The van der Waals surface area contributed by atoms with Gasteiger partial charge in [-0.25, -0.2) is 9.37 Å². The number of amides is 1. The van der Waals surface area contributed by atoms with Crippen molar-refractivity contribution in [2.75, 3.05) is 12.4 Å². The molecule has 2 aromatic heterocycles. The molecule has 0 saturated heterocycles. The smallest absolute Gasteiger partial charge is 0.277 e. The summed E-state index contributed by atoms with van der Waals surface area (Å²) in [6.07, 6.45) is 8.05. The van der Waals surface area contributed by atoms with Crippen molar-refractivity contribution in [1.29, 1.82) is 0 Å². The Labute approximate surface area is 162 Å². The van der Waals surface area contributed by atoms with Crippen LogP contribution < -0.4 is 10.1 Å². The van der Waals surface area contributed by atoms with E-state index >= 15 is 0 Å². The zero-order chi connectivity index (χ0) is 19.7. The Hall–Kier alpha value is -2.96. The molecule has 2 heterocycles. The lowest BCUT2D eigenvalue weighted by Gasteiger charge is -2.26. The van der Waals surface area contributed by atoms with Gasteiger partial charge in [0.05, 0.1) is 24.4 Å². The van der Waals surface area contributed by atoms with Crippen LogP contribution in [0.4, 0.5) is 10.1 Å². The van der Waals surface area contributed by atoms with Gasteiger partial charge >= 0.3 is 0 Å². The van der Waals surface area contributed by atoms with Gasteiger partial charge in [0.15, 0.2) is 11.5 Å². The number of pyridine rings is 1. The normalized spacial score (nSPS) is 19.5. The summed E-state index contributed by atoms with van der Waals surface area (Å²) in [4.78, 5) is 16.3. The lowest BCUT2D eigenvalue weighted by Crippen LogP contribution is -2.16. The third-order valence-corrected chi connectivity index (χ3v) is 5.42. The number of nitrogens with zero attached hydrogens (tertiary/aromatic N) is 3. The fraction of sp³-hybridized carbons (Fsp3) is 0.381. The third kappa shape index (κ3) is 3.56. The number of benzene rings is 1. The van der Waals surface area contributed by atoms with Gasteiger partial charge in [0.1, 0.15) is 5.75 Å². The first-order chi connectivity index (χ1) is 13.5. The summed E-state index contributed by atoms with van der Waals surface area (Å²) in [5.74, 6) is -0.0429. The van der Waals surface area contributed by atoms with Crippen molar-refractivity contribution < 1.29 is 13.9 Å². The quantitative estimate of drug-likeness (QED) is 0.717. The molecule has 0 radical (unpaired) electrons. The second-order valence-corrected chi connectivity index (χ2v) is 7.42. The molecular weight excluding hydrogens is 359 g/mol. The maximum absolute atomic E-state index is 13.8. The highest BCUT2D eigenvalue weighted by Gasteiger charge is 2.21. The zero-order valence-corrected chi connectivity index (χ0v) is 16.0. The molecule has 1 fully saturated rings. The summed E-state index contributed by atoms with van der Waals surface area (Å²) in [7, 11) is 1.53. The van der Waals surface area contributed by atoms with Crippen molar-refractivity contribution in [1.82, 2.24) is 14.8 Å². The van der Waals surface area contributed by atoms with Crippen molar-refractivity contribution in [2.45, 2.75) is 38.6 Å². The SMILES string of the molecule is COc1cc2nn(C3CCC(C)CC3)cc2cc1NC(=O)c1ncccc1F. The molecular formula is C21H23FN4O2. The van der Waals surface area contributed by atoms with Gasteiger partial charge in [-0.2, -0.15) is 5.10 Å². The highest BCUT2D eigenvalue weighted by atomic mass is 19.1. The van der Waals surface area contributed by atoms with E-state index in [2.05, 4.69) is 17.2 Å². The molecule has 0 atom stereocenters. The predicted octanol–water partition coefficient (Wildman–Crippen LogP) is 4.58. The lowest BCUT2D eigenvalue weighted by molar-refractivity contribution is 0.101. The summed E-state index contributed by atoms with van der Waals surface area (Å²) < 4.78 is 21.3. The number of anilines is 1. The van der Waals surface area contributed by atoms with E-state index in [1.54, 1.807) is 6.07 Å². The van der Waals surface area contributed by atoms with Gasteiger partial charge in [-0.3, -0.25) is 9.48 Å². The van der Waals surface area contributed by atoms with Crippen LogP contribution in [0.15, 0.2) is 36.7 Å². The fourth-order valence-electron chi connectivity index (χ4n) is 3.77. The molecule has 6 nitrogen and oxygen atoms in total. The molecule has 4 rings (SSSR count). The molecule has 7 heteroatoms. The number of hydrogen-bond donors (Lipinski definition) is 1. The van der Waals surface area contributed by atoms with E-state index in [4.69, 9.17) is 9.84 Å². The molecule has 1 saturated carbocycles. The molecule has 0 unspecified atom stereocenters. The summed E-state index contributed by atoms with van der Waals surface area (Å²) in [5.41, 5.74) is 1.01. The molecule has 1 N–H and O–H groups in total. The van der Waals surface area contributed by atoms with Crippen LogP contribution in [-0.2, 0) is 0 Å². The second-order valence-electron chi connectivity index (χ2n) is 7.42. The number of halogens is 1. The molecule has 1 aromatic carbocycles. The first-order valence-corrected chi connectivity index (χ1v) is 9.54. The van der Waals surface area contributed by atoms with Crippen LogP contribution in [0, 0.1) is 11.7 Å². The molecule has 3 aromatic rings. The van der Waals surface area contributed by atoms with E-state index in [0.717, 1.165) is 29.7 Å². The van der Waals surface area contributed by atoms with Gasteiger partial charge in [0.25, 0.3) is 5.91 Å². The molecule has 0 aliphatic heterocycles. The Bertz CT molecular complexity index is 1010. The van der Waals surface area contributed by atoms with Crippen LogP contribution >= 0.6 is 0 Å². The van der Waals surface area contributed by atoms with E-state index < -0.39 is 11.7 Å². The molecule has 146 valence electrons. The topological polar surface area (TPSA) is 69.0 Å².